The van der Waals surface area contributed by atoms with Gasteiger partial charge in [-0.15, -0.1) is 0 Å². The molecule has 0 amide bonds. The quantitative estimate of drug-likeness (QED) is 0.317. The molecule has 0 bridgehead atoms. The molecule has 0 saturated heterocycles. The molecule has 0 saturated carbocycles. The van der Waals surface area contributed by atoms with Crippen molar-refractivity contribution in [3.05, 3.63) is 53.6 Å². The van der Waals surface area contributed by atoms with Crippen LogP contribution in [0.3, 0.4) is 0 Å². The van der Waals surface area contributed by atoms with E-state index in [1.807, 2.05) is 18.2 Å². The predicted octanol–water partition coefficient (Wildman–Crippen LogP) is 6.05. The summed E-state index contributed by atoms with van der Waals surface area (Å²) in [5, 5.41) is 19.7. The van der Waals surface area contributed by atoms with E-state index in [-0.39, 0.29) is 22.8 Å². The number of aromatic hydroxyl groups is 2. The number of rotatable bonds is 14. The van der Waals surface area contributed by atoms with Gasteiger partial charge < -0.3 is 19.7 Å². The molecule has 3 rings (SSSR count). The van der Waals surface area contributed by atoms with Crippen molar-refractivity contribution >= 4 is 10.8 Å². The average molecular weight is 489 g/mol. The van der Waals surface area contributed by atoms with E-state index in [1.54, 1.807) is 24.3 Å². The normalized spacial score (nSPS) is 20.5. The lowest BCUT2D eigenvalue weighted by Gasteiger charge is -2.43. The third kappa shape index (κ3) is 7.22. The number of hydrogen-bond acceptors (Lipinski definition) is 5. The van der Waals surface area contributed by atoms with Crippen LogP contribution in [0.5, 0.6) is 17.2 Å². The van der Waals surface area contributed by atoms with Gasteiger partial charge in [-0.05, 0) is 61.4 Å². The third-order valence-electron chi connectivity index (χ3n) is 6.86. The molecular weight excluding hydrogens is 448 g/mol. The summed E-state index contributed by atoms with van der Waals surface area (Å²) >= 11 is 0. The van der Waals surface area contributed by atoms with Crippen molar-refractivity contribution in [2.24, 2.45) is 0 Å². The molecule has 1 aliphatic rings. The van der Waals surface area contributed by atoms with Crippen LogP contribution in [0.25, 0.3) is 0 Å². The molecule has 0 spiro atoms. The van der Waals surface area contributed by atoms with Crippen LogP contribution in [-0.4, -0.2) is 45.7 Å². The number of phenols is 2. The second-order valence-electron chi connectivity index (χ2n) is 9.54. The first kappa shape index (κ1) is 26.6. The molecule has 2 N–H and O–H groups in total. The van der Waals surface area contributed by atoms with Gasteiger partial charge in [0.15, 0.2) is 0 Å². The van der Waals surface area contributed by atoms with Crippen LogP contribution in [0, 0.1) is 0 Å². The standard InChI is InChI=1S/C28H40O5S/c1-3-4-18-34(31)19-8-7-17-32-16-6-5-9-26-25-15-14-24(30)20-27(25)33-21-28(26,2)22-10-12-23(29)13-11-22/h10-15,20,26,29-30H,3-9,16-19,21H2,1-2H3. The van der Waals surface area contributed by atoms with E-state index < -0.39 is 10.8 Å². The summed E-state index contributed by atoms with van der Waals surface area (Å²) < 4.78 is 23.8. The number of hydrogen-bond donors (Lipinski definition) is 2. The van der Waals surface area contributed by atoms with E-state index in [9.17, 15) is 14.4 Å². The van der Waals surface area contributed by atoms with Crippen LogP contribution in [0.15, 0.2) is 42.5 Å². The maximum atomic E-state index is 11.8. The first-order valence-electron chi connectivity index (χ1n) is 12.6. The molecule has 2 aromatic carbocycles. The van der Waals surface area contributed by atoms with Crippen molar-refractivity contribution in [3.8, 4) is 17.2 Å². The summed E-state index contributed by atoms with van der Waals surface area (Å²) in [5.74, 6) is 3.09. The molecule has 3 atom stereocenters. The summed E-state index contributed by atoms with van der Waals surface area (Å²) in [5.41, 5.74) is 2.03. The highest BCUT2D eigenvalue weighted by molar-refractivity contribution is 7.84. The summed E-state index contributed by atoms with van der Waals surface area (Å²) in [6.07, 6.45) is 7.08. The van der Waals surface area contributed by atoms with Gasteiger partial charge in [0.05, 0.1) is 6.61 Å². The predicted molar refractivity (Wildman–Crippen MR) is 138 cm³/mol. The Kier molecular flexibility index (Phi) is 10.3. The van der Waals surface area contributed by atoms with Crippen molar-refractivity contribution in [1.82, 2.24) is 0 Å². The zero-order valence-corrected chi connectivity index (χ0v) is 21.4. The first-order valence-corrected chi connectivity index (χ1v) is 14.1. The molecule has 6 heteroatoms. The highest BCUT2D eigenvalue weighted by Crippen LogP contribution is 2.49. The molecule has 5 nitrogen and oxygen atoms in total. The number of phenolic OH excluding ortho intramolecular Hbond substituents is 2. The Labute approximate surface area is 207 Å². The fourth-order valence-corrected chi connectivity index (χ4v) is 6.08. The summed E-state index contributed by atoms with van der Waals surface area (Å²) in [6, 6.07) is 12.8. The minimum Gasteiger partial charge on any atom is -0.508 e. The zero-order valence-electron chi connectivity index (χ0n) is 20.6. The lowest BCUT2D eigenvalue weighted by atomic mass is 9.66. The molecule has 3 unspecified atom stereocenters. The molecule has 34 heavy (non-hydrogen) atoms. The van der Waals surface area contributed by atoms with Crippen LogP contribution >= 0.6 is 0 Å². The van der Waals surface area contributed by atoms with Gasteiger partial charge in [-0.2, -0.15) is 0 Å². The van der Waals surface area contributed by atoms with Crippen LogP contribution in [0.4, 0.5) is 0 Å². The van der Waals surface area contributed by atoms with E-state index in [0.29, 0.717) is 6.61 Å². The number of unbranched alkanes of at least 4 members (excludes halogenated alkanes) is 3. The van der Waals surface area contributed by atoms with Gasteiger partial charge in [-0.1, -0.05) is 44.9 Å². The van der Waals surface area contributed by atoms with Crippen molar-refractivity contribution in [2.45, 2.75) is 70.1 Å². The van der Waals surface area contributed by atoms with Gasteiger partial charge in [0.25, 0.3) is 0 Å². The van der Waals surface area contributed by atoms with Crippen molar-refractivity contribution in [3.63, 3.8) is 0 Å². The second-order valence-corrected chi connectivity index (χ2v) is 11.2. The fraction of sp³-hybridized carbons (Fsp3) is 0.571. The molecule has 0 radical (unpaired) electrons. The average Bonchev–Trinajstić information content (AvgIpc) is 2.83. The van der Waals surface area contributed by atoms with Gasteiger partial charge in [0.2, 0.25) is 0 Å². The second kappa shape index (κ2) is 13.1. The Morgan fingerprint density at radius 3 is 2.38 bits per heavy atom. The Morgan fingerprint density at radius 2 is 1.65 bits per heavy atom. The summed E-state index contributed by atoms with van der Waals surface area (Å²) in [7, 11) is -0.673. The molecule has 1 heterocycles. The Hall–Kier alpha value is -2.05. The van der Waals surface area contributed by atoms with Gasteiger partial charge in [-0.25, -0.2) is 0 Å². The van der Waals surface area contributed by atoms with Gasteiger partial charge in [0, 0.05) is 52.9 Å². The zero-order chi connectivity index (χ0) is 24.4. The Morgan fingerprint density at radius 1 is 0.971 bits per heavy atom. The number of benzene rings is 2. The highest BCUT2D eigenvalue weighted by atomic mass is 32.2. The highest BCUT2D eigenvalue weighted by Gasteiger charge is 2.42. The fourth-order valence-electron chi connectivity index (χ4n) is 4.74. The topological polar surface area (TPSA) is 76.0 Å². The maximum absolute atomic E-state index is 11.8. The number of ether oxygens (including phenoxy) is 2. The SMILES string of the molecule is CCCCS(=O)CCCCOCCCCC1c2ccc(O)cc2OCC1(C)c1ccc(O)cc1. The third-order valence-corrected chi connectivity index (χ3v) is 8.35. The van der Waals surface area contributed by atoms with E-state index in [0.717, 1.165) is 86.5 Å². The van der Waals surface area contributed by atoms with Crippen molar-refractivity contribution in [2.75, 3.05) is 31.3 Å². The lowest BCUT2D eigenvalue weighted by molar-refractivity contribution is 0.123. The molecule has 0 aliphatic carbocycles. The minimum atomic E-state index is -0.673. The van der Waals surface area contributed by atoms with E-state index >= 15 is 0 Å². The molecule has 2 aromatic rings. The van der Waals surface area contributed by atoms with Crippen LogP contribution in [0.1, 0.15) is 75.8 Å². The van der Waals surface area contributed by atoms with Crippen LogP contribution < -0.4 is 4.74 Å². The van der Waals surface area contributed by atoms with Gasteiger partial charge in [0.1, 0.15) is 17.2 Å². The van der Waals surface area contributed by atoms with Crippen LogP contribution in [0.2, 0.25) is 0 Å². The molecular formula is C28H40O5S. The minimum absolute atomic E-state index is 0.216. The first-order chi connectivity index (χ1) is 16.4. The largest absolute Gasteiger partial charge is 0.508 e. The molecule has 0 aromatic heterocycles. The Balaban J connectivity index is 1.50. The monoisotopic (exact) mass is 488 g/mol. The van der Waals surface area contributed by atoms with Gasteiger partial charge >= 0.3 is 0 Å². The van der Waals surface area contributed by atoms with Crippen molar-refractivity contribution in [1.29, 1.82) is 0 Å². The molecule has 1 aliphatic heterocycles. The molecule has 188 valence electrons. The van der Waals surface area contributed by atoms with Crippen LogP contribution in [-0.2, 0) is 21.0 Å². The molecule has 0 fully saturated rings. The van der Waals surface area contributed by atoms with Crippen molar-refractivity contribution < 1.29 is 23.9 Å². The Bertz CT molecular complexity index is 914. The summed E-state index contributed by atoms with van der Waals surface area (Å²) in [6.45, 7) is 6.34. The van der Waals surface area contributed by atoms with E-state index in [1.165, 1.54) is 0 Å². The smallest absolute Gasteiger partial charge is 0.126 e. The maximum Gasteiger partial charge on any atom is 0.126 e. The van der Waals surface area contributed by atoms with E-state index in [4.69, 9.17) is 9.47 Å². The lowest BCUT2D eigenvalue weighted by Crippen LogP contribution is -2.40. The van der Waals surface area contributed by atoms with Gasteiger partial charge in [-0.3, -0.25) is 4.21 Å². The number of fused-ring (bicyclic) bond motifs is 1. The van der Waals surface area contributed by atoms with E-state index in [2.05, 4.69) is 13.8 Å². The summed E-state index contributed by atoms with van der Waals surface area (Å²) in [4.78, 5) is 0.